The number of anilines is 1. The summed E-state index contributed by atoms with van der Waals surface area (Å²) in [5.41, 5.74) is 4.54. The van der Waals surface area contributed by atoms with Crippen LogP contribution in [0.5, 0.6) is 0 Å². The molecule has 0 bridgehead atoms. The van der Waals surface area contributed by atoms with Gasteiger partial charge >= 0.3 is 0 Å². The largest absolute Gasteiger partial charge is 0.361 e. The Labute approximate surface area is 161 Å². The van der Waals surface area contributed by atoms with Gasteiger partial charge in [-0.15, -0.1) is 11.3 Å². The van der Waals surface area contributed by atoms with Crippen molar-refractivity contribution in [2.24, 2.45) is 0 Å². The molecule has 2 aromatic carbocycles. The third-order valence-corrected chi connectivity index (χ3v) is 6.21. The lowest BCUT2D eigenvalue weighted by molar-refractivity contribution is 0.654. The van der Waals surface area contributed by atoms with Crippen molar-refractivity contribution in [1.82, 2.24) is 9.97 Å². The van der Waals surface area contributed by atoms with Gasteiger partial charge in [0.05, 0.1) is 11.4 Å². The highest BCUT2D eigenvalue weighted by Crippen LogP contribution is 2.35. The number of nitrogens with one attached hydrogen (secondary N) is 1. The molecule has 1 unspecified atom stereocenters. The first-order valence-electron chi connectivity index (χ1n) is 9.14. The molecule has 0 amide bonds. The van der Waals surface area contributed by atoms with E-state index in [1.165, 1.54) is 22.6 Å². The summed E-state index contributed by atoms with van der Waals surface area (Å²) in [6, 6.07) is 18.5. The van der Waals surface area contributed by atoms with E-state index < -0.39 is 0 Å². The van der Waals surface area contributed by atoms with Crippen LogP contribution in [0.2, 0.25) is 0 Å². The lowest BCUT2D eigenvalue weighted by Crippen LogP contribution is -2.27. The number of hydrogen-bond acceptors (Lipinski definition) is 4. The predicted octanol–water partition coefficient (Wildman–Crippen LogP) is 4.78. The van der Waals surface area contributed by atoms with Crippen LogP contribution in [0.1, 0.15) is 24.4 Å². The Morgan fingerprint density at radius 2 is 1.89 bits per heavy atom. The van der Waals surface area contributed by atoms with Gasteiger partial charge in [-0.05, 0) is 30.5 Å². The number of aromatic nitrogens is 2. The third-order valence-electron chi connectivity index (χ3n) is 5.33. The van der Waals surface area contributed by atoms with E-state index in [4.69, 9.17) is 4.98 Å². The number of thiophene rings is 1. The average Bonchev–Trinajstić information content (AvgIpc) is 3.33. The smallest absolute Gasteiger partial charge is 0.260 e. The fourth-order valence-electron chi connectivity index (χ4n) is 3.91. The van der Waals surface area contributed by atoms with E-state index in [-0.39, 0.29) is 11.6 Å². The second kappa shape index (κ2) is 6.35. The molecule has 0 radical (unpaired) electrons. The molecular formula is C22H19N3OS. The van der Waals surface area contributed by atoms with Crippen LogP contribution < -0.4 is 10.5 Å². The Balaban J connectivity index is 1.57. The van der Waals surface area contributed by atoms with E-state index in [0.29, 0.717) is 5.39 Å². The molecule has 0 fully saturated rings. The highest BCUT2D eigenvalue weighted by molar-refractivity contribution is 7.17. The Bertz CT molecular complexity index is 1180. The Morgan fingerprint density at radius 1 is 1.11 bits per heavy atom. The van der Waals surface area contributed by atoms with Gasteiger partial charge in [-0.3, -0.25) is 4.79 Å². The summed E-state index contributed by atoms with van der Waals surface area (Å²) in [6.07, 6.45) is 1.03. The molecule has 5 heteroatoms. The lowest BCUT2D eigenvalue weighted by atomic mass is 10.1. The second-order valence-corrected chi connectivity index (χ2v) is 7.75. The molecule has 3 heterocycles. The fraction of sp³-hybridized carbons (Fsp3) is 0.182. The summed E-state index contributed by atoms with van der Waals surface area (Å²) in [5, 5.41) is 2.71. The van der Waals surface area contributed by atoms with E-state index in [0.717, 1.165) is 34.7 Å². The van der Waals surface area contributed by atoms with Crippen molar-refractivity contribution >= 4 is 27.2 Å². The number of rotatable bonds is 3. The van der Waals surface area contributed by atoms with Crippen molar-refractivity contribution in [2.45, 2.75) is 19.4 Å². The Morgan fingerprint density at radius 3 is 2.74 bits per heavy atom. The van der Waals surface area contributed by atoms with Gasteiger partial charge in [0, 0.05) is 23.2 Å². The SMILES string of the molecule is CC(c1nc2scc(-c3ccccc3)c2c(=O)[nH]1)N1CCc2ccccc21. The number of fused-ring (bicyclic) bond motifs is 2. The van der Waals surface area contributed by atoms with Gasteiger partial charge in [-0.25, -0.2) is 4.98 Å². The molecule has 0 saturated heterocycles. The molecule has 134 valence electrons. The lowest BCUT2D eigenvalue weighted by Gasteiger charge is -2.26. The molecule has 4 aromatic rings. The van der Waals surface area contributed by atoms with E-state index in [2.05, 4.69) is 41.1 Å². The van der Waals surface area contributed by atoms with Crippen LogP contribution in [-0.4, -0.2) is 16.5 Å². The van der Waals surface area contributed by atoms with E-state index in [1.54, 1.807) is 0 Å². The standard InChI is InChI=1S/C22H19N3OS/c1-14(25-12-11-16-9-5-6-10-18(16)25)20-23-21(26)19-17(13-27-22(19)24-20)15-7-3-2-4-8-15/h2-10,13-14H,11-12H2,1H3,(H,23,24,26). The predicted molar refractivity (Wildman–Crippen MR) is 112 cm³/mol. The van der Waals surface area contributed by atoms with Gasteiger partial charge in [-0.2, -0.15) is 0 Å². The van der Waals surface area contributed by atoms with Gasteiger partial charge in [0.25, 0.3) is 5.56 Å². The van der Waals surface area contributed by atoms with Crippen molar-refractivity contribution in [3.05, 3.63) is 81.7 Å². The second-order valence-electron chi connectivity index (χ2n) is 6.89. The first kappa shape index (κ1) is 16.3. The third kappa shape index (κ3) is 2.66. The maximum Gasteiger partial charge on any atom is 0.260 e. The number of benzene rings is 2. The highest BCUT2D eigenvalue weighted by Gasteiger charge is 2.26. The number of nitrogens with zero attached hydrogens (tertiary/aromatic N) is 2. The number of hydrogen-bond donors (Lipinski definition) is 1. The Kier molecular flexibility index (Phi) is 3.83. The first-order valence-corrected chi connectivity index (χ1v) is 10.0. The van der Waals surface area contributed by atoms with Gasteiger partial charge in [0.2, 0.25) is 0 Å². The molecule has 0 aliphatic carbocycles. The van der Waals surface area contributed by atoms with Crippen molar-refractivity contribution < 1.29 is 0 Å². The number of para-hydroxylation sites is 1. The molecule has 27 heavy (non-hydrogen) atoms. The average molecular weight is 373 g/mol. The fourth-order valence-corrected chi connectivity index (χ4v) is 4.86. The van der Waals surface area contributed by atoms with Crippen molar-refractivity contribution in [2.75, 3.05) is 11.4 Å². The summed E-state index contributed by atoms with van der Waals surface area (Å²) < 4.78 is 0. The van der Waals surface area contributed by atoms with Crippen LogP contribution in [0.3, 0.4) is 0 Å². The molecule has 2 aromatic heterocycles. The van der Waals surface area contributed by atoms with Crippen LogP contribution in [0.4, 0.5) is 5.69 Å². The van der Waals surface area contributed by atoms with Crippen LogP contribution in [-0.2, 0) is 6.42 Å². The van der Waals surface area contributed by atoms with Crippen LogP contribution >= 0.6 is 11.3 Å². The van der Waals surface area contributed by atoms with E-state index in [1.807, 2.05) is 35.7 Å². The van der Waals surface area contributed by atoms with Crippen molar-refractivity contribution in [1.29, 1.82) is 0 Å². The zero-order valence-electron chi connectivity index (χ0n) is 15.0. The number of H-pyrrole nitrogens is 1. The molecule has 1 atom stereocenters. The zero-order chi connectivity index (χ0) is 18.4. The molecule has 1 N–H and O–H groups in total. The quantitative estimate of drug-likeness (QED) is 0.562. The topological polar surface area (TPSA) is 49.0 Å². The van der Waals surface area contributed by atoms with E-state index in [9.17, 15) is 4.79 Å². The zero-order valence-corrected chi connectivity index (χ0v) is 15.8. The Hall–Kier alpha value is -2.92. The molecule has 1 aliphatic rings. The molecular weight excluding hydrogens is 354 g/mol. The van der Waals surface area contributed by atoms with Crippen LogP contribution in [0.15, 0.2) is 64.8 Å². The normalized spacial score (nSPS) is 14.5. The van der Waals surface area contributed by atoms with Crippen molar-refractivity contribution in [3.8, 4) is 11.1 Å². The first-order chi connectivity index (χ1) is 13.2. The van der Waals surface area contributed by atoms with E-state index >= 15 is 0 Å². The summed E-state index contributed by atoms with van der Waals surface area (Å²) in [4.78, 5) is 23.9. The van der Waals surface area contributed by atoms with Gasteiger partial charge in [-0.1, -0.05) is 48.5 Å². The minimum atomic E-state index is -0.0607. The molecule has 0 spiro atoms. The molecule has 4 nitrogen and oxygen atoms in total. The number of aromatic amines is 1. The molecule has 0 saturated carbocycles. The molecule has 5 rings (SSSR count). The van der Waals surface area contributed by atoms with Gasteiger partial charge in [0.15, 0.2) is 0 Å². The van der Waals surface area contributed by atoms with Gasteiger partial charge < -0.3 is 9.88 Å². The minimum Gasteiger partial charge on any atom is -0.361 e. The summed E-state index contributed by atoms with van der Waals surface area (Å²) in [5.74, 6) is 0.727. The molecule has 1 aliphatic heterocycles. The van der Waals surface area contributed by atoms with Gasteiger partial charge in [0.1, 0.15) is 10.7 Å². The van der Waals surface area contributed by atoms with Crippen LogP contribution in [0, 0.1) is 0 Å². The summed E-state index contributed by atoms with van der Waals surface area (Å²) in [7, 11) is 0. The van der Waals surface area contributed by atoms with Crippen molar-refractivity contribution in [3.63, 3.8) is 0 Å². The van der Waals surface area contributed by atoms with Crippen LogP contribution in [0.25, 0.3) is 21.3 Å². The highest BCUT2D eigenvalue weighted by atomic mass is 32.1. The maximum atomic E-state index is 12.9. The summed E-state index contributed by atoms with van der Waals surface area (Å²) in [6.45, 7) is 3.06. The summed E-state index contributed by atoms with van der Waals surface area (Å²) >= 11 is 1.53. The monoisotopic (exact) mass is 373 g/mol. The maximum absolute atomic E-state index is 12.9. The minimum absolute atomic E-state index is 0.0213.